The van der Waals surface area contributed by atoms with Gasteiger partial charge in [-0.25, -0.2) is 0 Å². The molecule has 0 bridgehead atoms. The minimum atomic E-state index is -0.131. The monoisotopic (exact) mass is 256 g/mol. The van der Waals surface area contributed by atoms with Crippen molar-refractivity contribution in [2.45, 2.75) is 26.1 Å². The van der Waals surface area contributed by atoms with E-state index in [9.17, 15) is 4.79 Å². The Labute approximate surface area is 111 Å². The van der Waals surface area contributed by atoms with Crippen LogP contribution in [0.5, 0.6) is 0 Å². The maximum absolute atomic E-state index is 12.2. The summed E-state index contributed by atoms with van der Waals surface area (Å²) < 4.78 is 5.28. The predicted octanol–water partition coefficient (Wildman–Crippen LogP) is 2.37. The van der Waals surface area contributed by atoms with Gasteiger partial charge in [-0.1, -0.05) is 6.07 Å². The van der Waals surface area contributed by atoms with Gasteiger partial charge >= 0.3 is 0 Å². The summed E-state index contributed by atoms with van der Waals surface area (Å²) in [5, 5.41) is 6.21. The van der Waals surface area contributed by atoms with Crippen molar-refractivity contribution in [3.05, 3.63) is 59.0 Å². The van der Waals surface area contributed by atoms with Crippen LogP contribution in [0.3, 0.4) is 0 Å². The Morgan fingerprint density at radius 1 is 1.32 bits per heavy atom. The lowest BCUT2D eigenvalue weighted by Gasteiger charge is -2.12. The van der Waals surface area contributed by atoms with Gasteiger partial charge in [-0.3, -0.25) is 4.79 Å². The van der Waals surface area contributed by atoms with Crippen LogP contribution in [0.25, 0.3) is 0 Å². The molecule has 0 fully saturated rings. The van der Waals surface area contributed by atoms with Crippen LogP contribution < -0.4 is 10.6 Å². The number of carbonyl (C=O) groups excluding carboxylic acids is 1. The first kappa shape index (κ1) is 12.0. The first-order valence-corrected chi connectivity index (χ1v) is 6.41. The third-order valence-corrected chi connectivity index (χ3v) is 3.42. The zero-order chi connectivity index (χ0) is 13.2. The van der Waals surface area contributed by atoms with Gasteiger partial charge in [0.2, 0.25) is 0 Å². The Morgan fingerprint density at radius 2 is 2.16 bits per heavy atom. The first-order chi connectivity index (χ1) is 9.24. The highest BCUT2D eigenvalue weighted by molar-refractivity contribution is 5.94. The Balaban J connectivity index is 1.74. The molecular weight excluding hydrogens is 240 g/mol. The number of benzene rings is 1. The molecule has 1 aliphatic heterocycles. The summed E-state index contributed by atoms with van der Waals surface area (Å²) in [6, 6.07) is 9.39. The molecule has 2 aromatic rings. The Hall–Kier alpha value is -2.07. The molecule has 0 radical (unpaired) electrons. The van der Waals surface area contributed by atoms with Crippen LogP contribution in [-0.4, -0.2) is 5.91 Å². The van der Waals surface area contributed by atoms with Gasteiger partial charge in [-0.2, -0.15) is 0 Å². The highest BCUT2D eigenvalue weighted by Gasteiger charge is 2.16. The zero-order valence-corrected chi connectivity index (χ0v) is 10.8. The van der Waals surface area contributed by atoms with E-state index in [1.165, 1.54) is 11.1 Å². The number of furan rings is 1. The fourth-order valence-electron chi connectivity index (χ4n) is 2.32. The molecule has 3 rings (SSSR count). The third kappa shape index (κ3) is 2.39. The SMILES string of the molecule is C[C@@H](NC(=O)c1ccc2c(c1)CNC2)c1ccco1. The summed E-state index contributed by atoms with van der Waals surface area (Å²) in [7, 11) is 0. The van der Waals surface area contributed by atoms with E-state index in [1.807, 2.05) is 37.3 Å². The van der Waals surface area contributed by atoms with Crippen LogP contribution in [0.15, 0.2) is 41.0 Å². The van der Waals surface area contributed by atoms with E-state index in [-0.39, 0.29) is 11.9 Å². The van der Waals surface area contributed by atoms with Gasteiger partial charge in [0.25, 0.3) is 5.91 Å². The third-order valence-electron chi connectivity index (χ3n) is 3.42. The van der Waals surface area contributed by atoms with Crippen molar-refractivity contribution in [1.82, 2.24) is 10.6 Å². The molecule has 1 aromatic carbocycles. The van der Waals surface area contributed by atoms with Crippen molar-refractivity contribution in [2.24, 2.45) is 0 Å². The quantitative estimate of drug-likeness (QED) is 0.886. The highest BCUT2D eigenvalue weighted by atomic mass is 16.3. The first-order valence-electron chi connectivity index (χ1n) is 6.41. The number of hydrogen-bond donors (Lipinski definition) is 2. The van der Waals surface area contributed by atoms with E-state index < -0.39 is 0 Å². The molecule has 2 heterocycles. The molecule has 19 heavy (non-hydrogen) atoms. The lowest BCUT2D eigenvalue weighted by molar-refractivity contribution is 0.0935. The number of hydrogen-bond acceptors (Lipinski definition) is 3. The van der Waals surface area contributed by atoms with Gasteiger partial charge in [0.1, 0.15) is 5.76 Å². The van der Waals surface area contributed by atoms with Crippen LogP contribution in [0.4, 0.5) is 0 Å². The van der Waals surface area contributed by atoms with Crippen molar-refractivity contribution >= 4 is 5.91 Å². The van der Waals surface area contributed by atoms with Crippen LogP contribution >= 0.6 is 0 Å². The number of fused-ring (bicyclic) bond motifs is 1. The van der Waals surface area contributed by atoms with Crippen molar-refractivity contribution in [1.29, 1.82) is 0 Å². The molecule has 1 aliphatic rings. The molecule has 0 spiro atoms. The van der Waals surface area contributed by atoms with Gasteiger partial charge in [-0.15, -0.1) is 0 Å². The van der Waals surface area contributed by atoms with Crippen LogP contribution in [0.1, 0.15) is 40.2 Å². The molecule has 1 atom stereocenters. The van der Waals surface area contributed by atoms with Gasteiger partial charge in [0.15, 0.2) is 0 Å². The van der Waals surface area contributed by atoms with Crippen molar-refractivity contribution in [3.8, 4) is 0 Å². The Kier molecular flexibility index (Phi) is 3.09. The summed E-state index contributed by atoms with van der Waals surface area (Å²) in [5.41, 5.74) is 3.18. The van der Waals surface area contributed by atoms with Crippen LogP contribution in [0.2, 0.25) is 0 Å². The lowest BCUT2D eigenvalue weighted by Crippen LogP contribution is -2.26. The van der Waals surface area contributed by atoms with Crippen molar-refractivity contribution < 1.29 is 9.21 Å². The van der Waals surface area contributed by atoms with Crippen molar-refractivity contribution in [2.75, 3.05) is 0 Å². The molecule has 0 saturated heterocycles. The maximum Gasteiger partial charge on any atom is 0.251 e. The molecule has 1 aromatic heterocycles. The number of rotatable bonds is 3. The molecule has 0 saturated carbocycles. The van der Waals surface area contributed by atoms with Crippen LogP contribution in [-0.2, 0) is 13.1 Å². The minimum absolute atomic E-state index is 0.0707. The predicted molar refractivity (Wildman–Crippen MR) is 71.6 cm³/mol. The summed E-state index contributed by atoms with van der Waals surface area (Å²) in [6.07, 6.45) is 1.61. The highest BCUT2D eigenvalue weighted by Crippen LogP contribution is 2.18. The molecule has 0 aliphatic carbocycles. The summed E-state index contributed by atoms with van der Waals surface area (Å²) in [5.74, 6) is 0.690. The second-order valence-corrected chi connectivity index (χ2v) is 4.80. The topological polar surface area (TPSA) is 54.3 Å². The smallest absolute Gasteiger partial charge is 0.251 e. The van der Waals surface area contributed by atoms with Gasteiger partial charge < -0.3 is 15.1 Å². The molecule has 0 unspecified atom stereocenters. The maximum atomic E-state index is 12.2. The summed E-state index contributed by atoms with van der Waals surface area (Å²) >= 11 is 0. The largest absolute Gasteiger partial charge is 0.467 e. The van der Waals surface area contributed by atoms with Gasteiger partial charge in [0.05, 0.1) is 12.3 Å². The number of carbonyl (C=O) groups is 1. The molecule has 1 amide bonds. The average Bonchev–Trinajstić information content (AvgIpc) is 3.09. The van der Waals surface area contributed by atoms with E-state index in [0.717, 1.165) is 18.8 Å². The normalized spacial score (nSPS) is 15.0. The molecule has 4 heteroatoms. The average molecular weight is 256 g/mol. The fraction of sp³-hybridized carbons (Fsp3) is 0.267. The lowest BCUT2D eigenvalue weighted by atomic mass is 10.1. The standard InChI is InChI=1S/C15H16N2O2/c1-10(14-3-2-6-19-14)17-15(18)11-4-5-12-8-16-9-13(12)7-11/h2-7,10,16H,8-9H2,1H3,(H,17,18)/t10-/m1/s1. The fourth-order valence-corrected chi connectivity index (χ4v) is 2.32. The summed E-state index contributed by atoms with van der Waals surface area (Å²) in [6.45, 7) is 3.63. The molecule has 98 valence electrons. The van der Waals surface area contributed by atoms with Crippen molar-refractivity contribution in [3.63, 3.8) is 0 Å². The van der Waals surface area contributed by atoms with E-state index in [1.54, 1.807) is 6.26 Å². The van der Waals surface area contributed by atoms with E-state index in [0.29, 0.717) is 5.56 Å². The van der Waals surface area contributed by atoms with E-state index in [4.69, 9.17) is 4.42 Å². The van der Waals surface area contributed by atoms with Gasteiger partial charge in [-0.05, 0) is 42.3 Å². The van der Waals surface area contributed by atoms with E-state index in [2.05, 4.69) is 10.6 Å². The second-order valence-electron chi connectivity index (χ2n) is 4.80. The van der Waals surface area contributed by atoms with Crippen LogP contribution in [0, 0.1) is 0 Å². The molecule has 4 nitrogen and oxygen atoms in total. The van der Waals surface area contributed by atoms with Gasteiger partial charge in [0, 0.05) is 18.7 Å². The Morgan fingerprint density at radius 3 is 2.95 bits per heavy atom. The van der Waals surface area contributed by atoms with E-state index >= 15 is 0 Å². The summed E-state index contributed by atoms with van der Waals surface area (Å²) in [4.78, 5) is 12.2. The second kappa shape index (κ2) is 4.90. The Bertz CT molecular complexity index is 590. The number of nitrogens with one attached hydrogen (secondary N) is 2. The molecular formula is C15H16N2O2. The number of amides is 1. The minimum Gasteiger partial charge on any atom is -0.467 e. The molecule has 2 N–H and O–H groups in total. The zero-order valence-electron chi connectivity index (χ0n) is 10.8.